The van der Waals surface area contributed by atoms with E-state index in [4.69, 9.17) is 33.9 Å². The first-order chi connectivity index (χ1) is 9.57. The van der Waals surface area contributed by atoms with Gasteiger partial charge in [0, 0.05) is 22.3 Å². The molecule has 21 heavy (non-hydrogen) atoms. The normalized spacial score (nSPS) is 13.3. The molecule has 0 aliphatic heterocycles. The second kappa shape index (κ2) is 7.18. The maximum Gasteiger partial charge on any atom is 0.262 e. The van der Waals surface area contributed by atoms with Gasteiger partial charge < -0.3 is 5.32 Å². The fraction of sp³-hybridized carbons (Fsp3) is 0.462. The molecule has 0 aliphatic rings. The van der Waals surface area contributed by atoms with Crippen molar-refractivity contribution in [3.8, 4) is 0 Å². The van der Waals surface area contributed by atoms with Crippen LogP contribution in [0.4, 0.5) is 0 Å². The summed E-state index contributed by atoms with van der Waals surface area (Å²) >= 11 is 11.7. The van der Waals surface area contributed by atoms with E-state index in [2.05, 4.69) is 5.32 Å². The van der Waals surface area contributed by atoms with Crippen LogP contribution in [0.5, 0.6) is 0 Å². The molecule has 0 radical (unpaired) electrons. The van der Waals surface area contributed by atoms with Gasteiger partial charge in [-0.25, -0.2) is 8.42 Å². The Kier molecular flexibility index (Phi) is 6.35. The van der Waals surface area contributed by atoms with Crippen LogP contribution in [-0.2, 0) is 9.05 Å². The van der Waals surface area contributed by atoms with Gasteiger partial charge >= 0.3 is 0 Å². The van der Waals surface area contributed by atoms with Crippen molar-refractivity contribution in [3.63, 3.8) is 0 Å². The van der Waals surface area contributed by atoms with Gasteiger partial charge in [0.25, 0.3) is 15.0 Å². The molecule has 0 fully saturated rings. The third kappa shape index (κ3) is 4.74. The first-order valence-corrected chi connectivity index (χ1v) is 9.39. The molecule has 1 aromatic rings. The summed E-state index contributed by atoms with van der Waals surface area (Å²) < 4.78 is 22.9. The predicted octanol–water partition coefficient (Wildman–Crippen LogP) is 4.09. The van der Waals surface area contributed by atoms with Crippen LogP contribution in [0.2, 0.25) is 10.0 Å². The minimum atomic E-state index is -4.09. The highest BCUT2D eigenvalue weighted by Gasteiger charge is 2.22. The van der Waals surface area contributed by atoms with Crippen molar-refractivity contribution in [2.45, 2.75) is 38.1 Å². The van der Waals surface area contributed by atoms with E-state index in [1.54, 1.807) is 0 Å². The summed E-state index contributed by atoms with van der Waals surface area (Å²) in [6.45, 7) is 5.92. The van der Waals surface area contributed by atoms with Gasteiger partial charge in [-0.2, -0.15) is 0 Å². The number of carbonyl (C=O) groups is 1. The molecule has 0 saturated carbocycles. The number of benzene rings is 1. The molecule has 1 N–H and O–H groups in total. The van der Waals surface area contributed by atoms with E-state index in [1.165, 1.54) is 6.07 Å². The second-order valence-corrected chi connectivity index (χ2v) is 8.26. The molecule has 4 nitrogen and oxygen atoms in total. The lowest BCUT2D eigenvalue weighted by Crippen LogP contribution is -2.38. The van der Waals surface area contributed by atoms with Gasteiger partial charge in [0.15, 0.2) is 0 Å². The quantitative estimate of drug-likeness (QED) is 0.792. The smallest absolute Gasteiger partial charge is 0.262 e. The Morgan fingerprint density at radius 3 is 2.29 bits per heavy atom. The lowest BCUT2D eigenvalue weighted by atomic mass is 10.0. The van der Waals surface area contributed by atoms with Crippen LogP contribution in [0.15, 0.2) is 17.0 Å². The highest BCUT2D eigenvalue weighted by molar-refractivity contribution is 8.13. The Bertz CT molecular complexity index is 644. The van der Waals surface area contributed by atoms with Crippen molar-refractivity contribution in [1.82, 2.24) is 5.32 Å². The zero-order valence-corrected chi connectivity index (χ0v) is 14.9. The molecule has 1 unspecified atom stereocenters. The molecule has 0 heterocycles. The average molecular weight is 373 g/mol. The molecular weight excluding hydrogens is 357 g/mol. The van der Waals surface area contributed by atoms with E-state index in [-0.39, 0.29) is 32.5 Å². The number of halogens is 3. The van der Waals surface area contributed by atoms with Crippen molar-refractivity contribution in [2.75, 3.05) is 0 Å². The van der Waals surface area contributed by atoms with Crippen LogP contribution in [0, 0.1) is 5.92 Å². The van der Waals surface area contributed by atoms with Crippen LogP contribution >= 0.6 is 33.9 Å². The lowest BCUT2D eigenvalue weighted by molar-refractivity contribution is 0.0924. The summed E-state index contributed by atoms with van der Waals surface area (Å²) in [6, 6.07) is 2.42. The molecule has 1 rings (SSSR count). The topological polar surface area (TPSA) is 63.2 Å². The van der Waals surface area contributed by atoms with E-state index in [0.717, 1.165) is 12.5 Å². The number of rotatable bonds is 5. The van der Waals surface area contributed by atoms with Gasteiger partial charge in [0.1, 0.15) is 4.90 Å². The van der Waals surface area contributed by atoms with Gasteiger partial charge in [-0.15, -0.1) is 0 Å². The number of nitrogens with one attached hydrogen (secondary N) is 1. The summed E-state index contributed by atoms with van der Waals surface area (Å²) in [5, 5.41) is 2.59. The molecule has 8 heteroatoms. The Labute approximate surface area is 139 Å². The van der Waals surface area contributed by atoms with Crippen molar-refractivity contribution >= 4 is 48.8 Å². The zero-order valence-electron chi connectivity index (χ0n) is 11.8. The summed E-state index contributed by atoms with van der Waals surface area (Å²) in [4.78, 5) is 11.8. The highest BCUT2D eigenvalue weighted by Crippen LogP contribution is 2.32. The van der Waals surface area contributed by atoms with Crippen LogP contribution in [0.25, 0.3) is 0 Å². The predicted molar refractivity (Wildman–Crippen MR) is 85.9 cm³/mol. The Hall–Kier alpha value is -0.490. The van der Waals surface area contributed by atoms with Crippen LogP contribution in [-0.4, -0.2) is 20.4 Å². The highest BCUT2D eigenvalue weighted by atomic mass is 35.7. The molecular formula is C13H16Cl3NO3S. The average Bonchev–Trinajstić information content (AvgIpc) is 2.36. The molecule has 0 bridgehead atoms. The van der Waals surface area contributed by atoms with Gasteiger partial charge in [0.2, 0.25) is 0 Å². The Morgan fingerprint density at radius 1 is 1.29 bits per heavy atom. The fourth-order valence-corrected chi connectivity index (χ4v) is 3.63. The second-order valence-electron chi connectivity index (χ2n) is 4.94. The van der Waals surface area contributed by atoms with Crippen molar-refractivity contribution in [2.24, 2.45) is 5.92 Å². The summed E-state index contributed by atoms with van der Waals surface area (Å²) in [5.41, 5.74) is 0.0997. The first kappa shape index (κ1) is 18.6. The standard InChI is InChI=1S/C13H16Cl3NO3S/c1-4-10(7(2)3)17-13(18)8-5-9(14)12(15)11(6-8)21(16,19)20/h5-7,10H,4H2,1-3H3,(H,17,18). The minimum absolute atomic E-state index is 0.0250. The number of carbonyl (C=O) groups excluding carboxylic acids is 1. The molecule has 0 saturated heterocycles. The molecule has 0 spiro atoms. The van der Waals surface area contributed by atoms with E-state index in [1.807, 2.05) is 20.8 Å². The third-order valence-corrected chi connectivity index (χ3v) is 5.34. The van der Waals surface area contributed by atoms with Crippen LogP contribution in [0.1, 0.15) is 37.6 Å². The van der Waals surface area contributed by atoms with E-state index in [0.29, 0.717) is 0 Å². The van der Waals surface area contributed by atoms with Gasteiger partial charge in [-0.05, 0) is 24.5 Å². The molecule has 1 atom stereocenters. The maximum atomic E-state index is 12.2. The van der Waals surface area contributed by atoms with Crippen molar-refractivity contribution in [3.05, 3.63) is 27.7 Å². The summed E-state index contributed by atoms with van der Waals surface area (Å²) in [7, 11) is 1.21. The largest absolute Gasteiger partial charge is 0.349 e. The Morgan fingerprint density at radius 2 is 1.86 bits per heavy atom. The molecule has 0 aliphatic carbocycles. The number of hydrogen-bond acceptors (Lipinski definition) is 3. The van der Waals surface area contributed by atoms with Crippen LogP contribution < -0.4 is 5.32 Å². The molecule has 0 aromatic heterocycles. The SMILES string of the molecule is CCC(NC(=O)c1cc(Cl)c(Cl)c(S(=O)(=O)Cl)c1)C(C)C. The fourth-order valence-electron chi connectivity index (χ4n) is 1.86. The number of hydrogen-bond donors (Lipinski definition) is 1. The first-order valence-electron chi connectivity index (χ1n) is 6.32. The van der Waals surface area contributed by atoms with E-state index in [9.17, 15) is 13.2 Å². The van der Waals surface area contributed by atoms with Crippen LogP contribution in [0.3, 0.4) is 0 Å². The summed E-state index contributed by atoms with van der Waals surface area (Å²) in [6.07, 6.45) is 0.755. The van der Waals surface area contributed by atoms with Gasteiger partial charge in [0.05, 0.1) is 10.0 Å². The van der Waals surface area contributed by atoms with Crippen molar-refractivity contribution < 1.29 is 13.2 Å². The minimum Gasteiger partial charge on any atom is -0.349 e. The number of amides is 1. The third-order valence-electron chi connectivity index (χ3n) is 3.08. The monoisotopic (exact) mass is 371 g/mol. The molecule has 1 aromatic carbocycles. The van der Waals surface area contributed by atoms with Gasteiger partial charge in [-0.1, -0.05) is 44.0 Å². The zero-order chi connectivity index (χ0) is 16.4. The van der Waals surface area contributed by atoms with Gasteiger partial charge in [-0.3, -0.25) is 4.79 Å². The van der Waals surface area contributed by atoms with E-state index >= 15 is 0 Å². The molecule has 1 amide bonds. The van der Waals surface area contributed by atoms with E-state index < -0.39 is 15.0 Å². The lowest BCUT2D eigenvalue weighted by Gasteiger charge is -2.21. The maximum absolute atomic E-state index is 12.2. The molecule has 118 valence electrons. The Balaban J connectivity index is 3.20. The summed E-state index contributed by atoms with van der Waals surface area (Å²) in [5.74, 6) is -0.173. The van der Waals surface area contributed by atoms with Crippen molar-refractivity contribution in [1.29, 1.82) is 0 Å².